The summed E-state index contributed by atoms with van der Waals surface area (Å²) in [6, 6.07) is 3.97. The standard InChI is InChI=1S/C12H6BrF2N3O/c13-5-3-6(11(16)17-4-5)12-18-8-2-1-7(14)9(15)10(8)19-12/h1-4H,(H2,16,17). The lowest BCUT2D eigenvalue weighted by atomic mass is 10.2. The molecule has 3 aromatic rings. The average Bonchev–Trinajstić information content (AvgIpc) is 2.81. The van der Waals surface area contributed by atoms with Gasteiger partial charge in [0.05, 0.1) is 5.56 Å². The molecule has 2 aromatic heterocycles. The summed E-state index contributed by atoms with van der Waals surface area (Å²) < 4.78 is 32.5. The van der Waals surface area contributed by atoms with Crippen LogP contribution >= 0.6 is 15.9 Å². The molecule has 0 bridgehead atoms. The van der Waals surface area contributed by atoms with Gasteiger partial charge in [-0.2, -0.15) is 4.39 Å². The van der Waals surface area contributed by atoms with Gasteiger partial charge in [-0.15, -0.1) is 0 Å². The lowest BCUT2D eigenvalue weighted by Crippen LogP contribution is -1.93. The van der Waals surface area contributed by atoms with E-state index in [1.165, 1.54) is 12.3 Å². The van der Waals surface area contributed by atoms with Crippen LogP contribution in [0.1, 0.15) is 0 Å². The maximum atomic E-state index is 13.5. The van der Waals surface area contributed by atoms with Crippen molar-refractivity contribution in [3.63, 3.8) is 0 Å². The molecule has 0 saturated heterocycles. The number of pyridine rings is 1. The van der Waals surface area contributed by atoms with Crippen LogP contribution in [0.2, 0.25) is 0 Å². The van der Waals surface area contributed by atoms with Crippen molar-refractivity contribution in [1.82, 2.24) is 9.97 Å². The summed E-state index contributed by atoms with van der Waals surface area (Å²) in [4.78, 5) is 8.00. The van der Waals surface area contributed by atoms with E-state index in [0.717, 1.165) is 6.07 Å². The first kappa shape index (κ1) is 12.0. The van der Waals surface area contributed by atoms with Crippen LogP contribution < -0.4 is 5.73 Å². The van der Waals surface area contributed by atoms with E-state index in [-0.39, 0.29) is 22.8 Å². The molecule has 0 unspecified atom stereocenters. The van der Waals surface area contributed by atoms with Gasteiger partial charge < -0.3 is 10.2 Å². The van der Waals surface area contributed by atoms with E-state index in [4.69, 9.17) is 10.2 Å². The zero-order chi connectivity index (χ0) is 13.6. The zero-order valence-electron chi connectivity index (χ0n) is 9.32. The van der Waals surface area contributed by atoms with E-state index in [9.17, 15) is 8.78 Å². The molecule has 0 aliphatic carbocycles. The lowest BCUT2D eigenvalue weighted by Gasteiger charge is -2.00. The summed E-state index contributed by atoms with van der Waals surface area (Å²) in [5, 5.41) is 0. The third-order valence-electron chi connectivity index (χ3n) is 2.57. The Hall–Kier alpha value is -2.02. The molecular formula is C12H6BrF2N3O. The van der Waals surface area contributed by atoms with Crippen LogP contribution in [0.25, 0.3) is 22.6 Å². The second-order valence-electron chi connectivity index (χ2n) is 3.81. The summed E-state index contributed by atoms with van der Waals surface area (Å²) in [5.74, 6) is -1.78. The van der Waals surface area contributed by atoms with Crippen molar-refractivity contribution < 1.29 is 13.2 Å². The van der Waals surface area contributed by atoms with Crippen LogP contribution in [0.3, 0.4) is 0 Å². The van der Waals surface area contributed by atoms with E-state index in [2.05, 4.69) is 25.9 Å². The molecule has 1 aromatic carbocycles. The highest BCUT2D eigenvalue weighted by molar-refractivity contribution is 9.10. The van der Waals surface area contributed by atoms with Crippen molar-refractivity contribution in [1.29, 1.82) is 0 Å². The van der Waals surface area contributed by atoms with Gasteiger partial charge in [-0.25, -0.2) is 14.4 Å². The van der Waals surface area contributed by atoms with Gasteiger partial charge in [0.25, 0.3) is 0 Å². The Balaban J connectivity index is 2.26. The second kappa shape index (κ2) is 4.27. The normalized spacial score (nSPS) is 11.1. The fraction of sp³-hybridized carbons (Fsp3) is 0. The molecule has 0 aliphatic rings. The molecule has 7 heteroatoms. The Labute approximate surface area is 114 Å². The zero-order valence-corrected chi connectivity index (χ0v) is 10.9. The van der Waals surface area contributed by atoms with Crippen LogP contribution in [0.5, 0.6) is 0 Å². The number of benzene rings is 1. The highest BCUT2D eigenvalue weighted by Gasteiger charge is 2.17. The van der Waals surface area contributed by atoms with E-state index < -0.39 is 11.6 Å². The first-order valence-corrected chi connectivity index (χ1v) is 6.01. The maximum Gasteiger partial charge on any atom is 0.231 e. The molecule has 2 heterocycles. The summed E-state index contributed by atoms with van der Waals surface area (Å²) in [7, 11) is 0. The molecular weight excluding hydrogens is 320 g/mol. The van der Waals surface area contributed by atoms with Crippen molar-refractivity contribution in [3.8, 4) is 11.5 Å². The Morgan fingerprint density at radius 1 is 1.26 bits per heavy atom. The Morgan fingerprint density at radius 2 is 2.05 bits per heavy atom. The maximum absolute atomic E-state index is 13.5. The number of hydrogen-bond acceptors (Lipinski definition) is 4. The number of halogens is 3. The van der Waals surface area contributed by atoms with E-state index in [1.54, 1.807) is 6.07 Å². The van der Waals surface area contributed by atoms with Gasteiger partial charge >= 0.3 is 0 Å². The Bertz CT molecular complexity index is 788. The van der Waals surface area contributed by atoms with Gasteiger partial charge in [0, 0.05) is 10.7 Å². The first-order valence-electron chi connectivity index (χ1n) is 5.22. The molecule has 96 valence electrons. The topological polar surface area (TPSA) is 64.9 Å². The SMILES string of the molecule is Nc1ncc(Br)cc1-c1nc2ccc(F)c(F)c2o1. The molecule has 0 spiro atoms. The van der Waals surface area contributed by atoms with Crippen LogP contribution in [-0.4, -0.2) is 9.97 Å². The molecule has 0 fully saturated rings. The molecule has 3 rings (SSSR count). The molecule has 4 nitrogen and oxygen atoms in total. The molecule has 0 amide bonds. The largest absolute Gasteiger partial charge is 0.433 e. The minimum Gasteiger partial charge on any atom is -0.433 e. The van der Waals surface area contributed by atoms with Crippen LogP contribution in [0.15, 0.2) is 33.3 Å². The lowest BCUT2D eigenvalue weighted by molar-refractivity contribution is 0.493. The third kappa shape index (κ3) is 1.95. The first-order chi connectivity index (χ1) is 9.06. The molecule has 0 aliphatic heterocycles. The number of nitrogen functional groups attached to an aromatic ring is 1. The summed E-state index contributed by atoms with van der Waals surface area (Å²) in [6.07, 6.45) is 1.52. The minimum atomic E-state index is -1.07. The van der Waals surface area contributed by atoms with Crippen molar-refractivity contribution >= 4 is 32.8 Å². The predicted molar refractivity (Wildman–Crippen MR) is 69.3 cm³/mol. The molecule has 2 N–H and O–H groups in total. The number of hydrogen-bond donors (Lipinski definition) is 1. The summed E-state index contributed by atoms with van der Waals surface area (Å²) >= 11 is 3.24. The number of nitrogens with two attached hydrogens (primary N) is 1. The van der Waals surface area contributed by atoms with E-state index >= 15 is 0 Å². The molecule has 19 heavy (non-hydrogen) atoms. The van der Waals surface area contributed by atoms with Gasteiger partial charge in [0.15, 0.2) is 11.4 Å². The fourth-order valence-corrected chi connectivity index (χ4v) is 2.00. The average molecular weight is 326 g/mol. The molecule has 0 radical (unpaired) electrons. The number of rotatable bonds is 1. The molecule has 0 atom stereocenters. The van der Waals surface area contributed by atoms with Gasteiger partial charge in [-0.3, -0.25) is 0 Å². The van der Waals surface area contributed by atoms with Gasteiger partial charge in [-0.1, -0.05) is 0 Å². The summed E-state index contributed by atoms with van der Waals surface area (Å²) in [6.45, 7) is 0. The number of fused-ring (bicyclic) bond motifs is 1. The number of nitrogens with zero attached hydrogens (tertiary/aromatic N) is 2. The third-order valence-corrected chi connectivity index (χ3v) is 3.00. The van der Waals surface area contributed by atoms with Crippen molar-refractivity contribution in [3.05, 3.63) is 40.5 Å². The van der Waals surface area contributed by atoms with E-state index in [1.807, 2.05) is 0 Å². The quantitative estimate of drug-likeness (QED) is 0.743. The number of aromatic nitrogens is 2. The highest BCUT2D eigenvalue weighted by atomic mass is 79.9. The minimum absolute atomic E-state index is 0.0887. The van der Waals surface area contributed by atoms with Gasteiger partial charge in [0.2, 0.25) is 11.7 Å². The predicted octanol–water partition coefficient (Wildman–Crippen LogP) is 3.51. The Morgan fingerprint density at radius 3 is 2.84 bits per heavy atom. The van der Waals surface area contributed by atoms with Crippen molar-refractivity contribution in [2.24, 2.45) is 0 Å². The van der Waals surface area contributed by atoms with E-state index in [0.29, 0.717) is 10.0 Å². The van der Waals surface area contributed by atoms with Crippen LogP contribution in [0.4, 0.5) is 14.6 Å². The van der Waals surface area contributed by atoms with Crippen LogP contribution in [-0.2, 0) is 0 Å². The van der Waals surface area contributed by atoms with Gasteiger partial charge in [0.1, 0.15) is 11.3 Å². The summed E-state index contributed by atoms with van der Waals surface area (Å²) in [5.41, 5.74) is 6.09. The Kier molecular flexibility index (Phi) is 2.70. The van der Waals surface area contributed by atoms with Gasteiger partial charge in [-0.05, 0) is 34.1 Å². The van der Waals surface area contributed by atoms with Crippen molar-refractivity contribution in [2.45, 2.75) is 0 Å². The van der Waals surface area contributed by atoms with Crippen LogP contribution in [0, 0.1) is 11.6 Å². The second-order valence-corrected chi connectivity index (χ2v) is 4.73. The fourth-order valence-electron chi connectivity index (χ4n) is 1.67. The smallest absolute Gasteiger partial charge is 0.231 e. The highest BCUT2D eigenvalue weighted by Crippen LogP contribution is 2.30. The number of anilines is 1. The number of oxazole rings is 1. The monoisotopic (exact) mass is 325 g/mol. The van der Waals surface area contributed by atoms with Crippen molar-refractivity contribution in [2.75, 3.05) is 5.73 Å². The molecule has 0 saturated carbocycles.